The molecular weight excluding hydrogens is 514 g/mol. The van der Waals surface area contributed by atoms with Crippen LogP contribution in [0.4, 0.5) is 5.69 Å². The van der Waals surface area contributed by atoms with Crippen molar-refractivity contribution in [1.82, 2.24) is 10.2 Å². The van der Waals surface area contributed by atoms with Gasteiger partial charge in [-0.2, -0.15) is 0 Å². The van der Waals surface area contributed by atoms with Crippen LogP contribution < -0.4 is 14.4 Å². The number of amides is 2. The maximum Gasteiger partial charge on any atom is 0.244 e. The second-order valence-corrected chi connectivity index (χ2v) is 11.8. The number of methoxy groups -OCH3 is 1. The number of benzene rings is 2. The van der Waals surface area contributed by atoms with Gasteiger partial charge in [-0.1, -0.05) is 49.6 Å². The summed E-state index contributed by atoms with van der Waals surface area (Å²) in [6.45, 7) is 3.22. The Balaban J connectivity index is 1.96. The summed E-state index contributed by atoms with van der Waals surface area (Å²) in [6, 6.07) is 11.5. The van der Waals surface area contributed by atoms with Crippen LogP contribution in [0.3, 0.4) is 0 Å². The number of carbonyl (C=O) groups excluding carboxylic acids is 2. The third-order valence-corrected chi connectivity index (χ3v) is 8.30. The highest BCUT2D eigenvalue weighted by Gasteiger charge is 2.33. The molecular formula is C27H36ClN3O5S. The van der Waals surface area contributed by atoms with Crippen LogP contribution in [0.5, 0.6) is 5.75 Å². The van der Waals surface area contributed by atoms with Crippen molar-refractivity contribution in [3.63, 3.8) is 0 Å². The van der Waals surface area contributed by atoms with Crippen molar-refractivity contribution in [1.29, 1.82) is 0 Å². The summed E-state index contributed by atoms with van der Waals surface area (Å²) in [5.41, 5.74) is 1.64. The van der Waals surface area contributed by atoms with Gasteiger partial charge >= 0.3 is 0 Å². The number of hydrogen-bond acceptors (Lipinski definition) is 5. The molecule has 1 unspecified atom stereocenters. The molecule has 1 aliphatic rings. The Morgan fingerprint density at radius 2 is 1.84 bits per heavy atom. The van der Waals surface area contributed by atoms with Crippen LogP contribution in [0.15, 0.2) is 42.5 Å². The van der Waals surface area contributed by atoms with Crippen molar-refractivity contribution in [2.24, 2.45) is 0 Å². The van der Waals surface area contributed by atoms with E-state index in [2.05, 4.69) is 5.32 Å². The number of hydrogen-bond donors (Lipinski definition) is 1. The number of carbonyl (C=O) groups is 2. The van der Waals surface area contributed by atoms with Crippen LogP contribution in [-0.2, 0) is 26.2 Å². The molecule has 0 saturated heterocycles. The first-order chi connectivity index (χ1) is 17.5. The first-order valence-corrected chi connectivity index (χ1v) is 14.7. The topological polar surface area (TPSA) is 96.0 Å². The number of rotatable bonds is 11. The van der Waals surface area contributed by atoms with E-state index in [1.807, 2.05) is 19.1 Å². The molecule has 0 heterocycles. The van der Waals surface area contributed by atoms with E-state index in [0.717, 1.165) is 41.8 Å². The number of anilines is 1. The normalized spacial score (nSPS) is 14.7. The average Bonchev–Trinajstić information content (AvgIpc) is 3.36. The van der Waals surface area contributed by atoms with Crippen LogP contribution in [-0.4, -0.2) is 57.1 Å². The van der Waals surface area contributed by atoms with E-state index in [9.17, 15) is 18.0 Å². The second-order valence-electron chi connectivity index (χ2n) is 9.44. The molecule has 0 aliphatic heterocycles. The van der Waals surface area contributed by atoms with E-state index in [0.29, 0.717) is 28.4 Å². The number of nitrogens with zero attached hydrogens (tertiary/aromatic N) is 2. The van der Waals surface area contributed by atoms with Crippen LogP contribution in [0.1, 0.15) is 50.2 Å². The highest BCUT2D eigenvalue weighted by molar-refractivity contribution is 7.92. The monoisotopic (exact) mass is 549 g/mol. The third-order valence-electron chi connectivity index (χ3n) is 6.76. The van der Waals surface area contributed by atoms with Crippen LogP contribution in [0.2, 0.25) is 5.02 Å². The lowest BCUT2D eigenvalue weighted by molar-refractivity contribution is -0.140. The molecule has 10 heteroatoms. The molecule has 1 atom stereocenters. The zero-order valence-electron chi connectivity index (χ0n) is 21.9. The predicted octanol–water partition coefficient (Wildman–Crippen LogP) is 4.29. The van der Waals surface area contributed by atoms with Gasteiger partial charge in [0.1, 0.15) is 18.3 Å². The van der Waals surface area contributed by atoms with Crippen molar-refractivity contribution in [2.45, 2.75) is 64.6 Å². The highest BCUT2D eigenvalue weighted by Crippen LogP contribution is 2.29. The van der Waals surface area contributed by atoms with Crippen LogP contribution in [0, 0.1) is 6.92 Å². The average molecular weight is 550 g/mol. The maximum atomic E-state index is 13.8. The minimum atomic E-state index is -3.83. The molecule has 3 rings (SSSR count). The van der Waals surface area contributed by atoms with Gasteiger partial charge in [0.15, 0.2) is 0 Å². The Bertz CT molecular complexity index is 1210. The van der Waals surface area contributed by atoms with E-state index >= 15 is 0 Å². The molecule has 0 spiro atoms. The van der Waals surface area contributed by atoms with Gasteiger partial charge in [0.25, 0.3) is 0 Å². The predicted molar refractivity (Wildman–Crippen MR) is 146 cm³/mol. The van der Waals surface area contributed by atoms with Gasteiger partial charge in [-0.3, -0.25) is 13.9 Å². The molecule has 0 aromatic heterocycles. The third kappa shape index (κ3) is 7.38. The molecule has 1 saturated carbocycles. The molecule has 2 aromatic carbocycles. The Hall–Kier alpha value is -2.78. The van der Waals surface area contributed by atoms with Gasteiger partial charge in [-0.05, 0) is 61.6 Å². The van der Waals surface area contributed by atoms with E-state index in [4.69, 9.17) is 16.3 Å². The summed E-state index contributed by atoms with van der Waals surface area (Å²) < 4.78 is 32.0. The minimum absolute atomic E-state index is 0.0944. The van der Waals surface area contributed by atoms with Crippen molar-refractivity contribution in [3.8, 4) is 5.75 Å². The van der Waals surface area contributed by atoms with E-state index in [1.165, 1.54) is 4.90 Å². The van der Waals surface area contributed by atoms with Gasteiger partial charge < -0.3 is 15.0 Å². The summed E-state index contributed by atoms with van der Waals surface area (Å²) in [7, 11) is -2.28. The first kappa shape index (κ1) is 28.8. The number of halogens is 1. The second kappa shape index (κ2) is 12.6. The standard InChI is InChI=1S/C27H36ClN3O5S/c1-5-24(27(33)29-21-11-6-7-12-21)30(17-20-10-8-13-22(16-20)36-3)26(32)18-31(37(4,34)35)25-15-9-14-23(28)19(25)2/h8-10,13-16,21,24H,5-7,11-12,17-18H2,1-4H3,(H,29,33). The fourth-order valence-electron chi connectivity index (χ4n) is 4.72. The summed E-state index contributed by atoms with van der Waals surface area (Å²) in [4.78, 5) is 28.7. The highest BCUT2D eigenvalue weighted by atomic mass is 35.5. The number of sulfonamides is 1. The van der Waals surface area contributed by atoms with Gasteiger partial charge in [-0.15, -0.1) is 0 Å². The van der Waals surface area contributed by atoms with Gasteiger partial charge in [-0.25, -0.2) is 8.42 Å². The molecule has 8 nitrogen and oxygen atoms in total. The number of nitrogens with one attached hydrogen (secondary N) is 1. The molecule has 1 N–H and O–H groups in total. The van der Waals surface area contributed by atoms with Crippen molar-refractivity contribution in [3.05, 3.63) is 58.6 Å². The smallest absolute Gasteiger partial charge is 0.244 e. The SMILES string of the molecule is CCC(C(=O)NC1CCCC1)N(Cc1cccc(OC)c1)C(=O)CN(c1cccc(Cl)c1C)S(C)(=O)=O. The van der Waals surface area contributed by atoms with Crippen LogP contribution >= 0.6 is 11.6 Å². The fraction of sp³-hybridized carbons (Fsp3) is 0.481. The van der Waals surface area contributed by atoms with Crippen molar-refractivity contribution >= 4 is 39.1 Å². The van der Waals surface area contributed by atoms with Gasteiger partial charge in [0.2, 0.25) is 21.8 Å². The van der Waals surface area contributed by atoms with Crippen molar-refractivity contribution in [2.75, 3.05) is 24.2 Å². The maximum absolute atomic E-state index is 13.8. The fourth-order valence-corrected chi connectivity index (χ4v) is 5.79. The summed E-state index contributed by atoms with van der Waals surface area (Å²) in [5, 5.41) is 3.50. The molecule has 202 valence electrons. The van der Waals surface area contributed by atoms with Crippen LogP contribution in [0.25, 0.3) is 0 Å². The lowest BCUT2D eigenvalue weighted by Crippen LogP contribution is -2.53. The Morgan fingerprint density at radius 1 is 1.16 bits per heavy atom. The zero-order chi connectivity index (χ0) is 27.2. The summed E-state index contributed by atoms with van der Waals surface area (Å²) in [5.74, 6) is -0.0859. The Morgan fingerprint density at radius 3 is 2.46 bits per heavy atom. The Kier molecular flexibility index (Phi) is 9.84. The van der Waals surface area contributed by atoms with Gasteiger partial charge in [0.05, 0.1) is 19.1 Å². The largest absolute Gasteiger partial charge is 0.497 e. The van der Waals surface area contributed by atoms with Gasteiger partial charge in [0, 0.05) is 17.6 Å². The molecule has 1 aliphatic carbocycles. The molecule has 37 heavy (non-hydrogen) atoms. The van der Waals surface area contributed by atoms with E-state index < -0.39 is 28.5 Å². The minimum Gasteiger partial charge on any atom is -0.497 e. The van der Waals surface area contributed by atoms with E-state index in [1.54, 1.807) is 44.4 Å². The molecule has 0 radical (unpaired) electrons. The molecule has 2 aromatic rings. The summed E-state index contributed by atoms with van der Waals surface area (Å²) in [6.07, 6.45) is 5.40. The lowest BCUT2D eigenvalue weighted by atomic mass is 10.1. The van der Waals surface area contributed by atoms with Crippen molar-refractivity contribution < 1.29 is 22.7 Å². The first-order valence-electron chi connectivity index (χ1n) is 12.5. The van der Waals surface area contributed by atoms with E-state index in [-0.39, 0.29) is 18.5 Å². The molecule has 1 fully saturated rings. The quantitative estimate of drug-likeness (QED) is 0.451. The molecule has 0 bridgehead atoms. The zero-order valence-corrected chi connectivity index (χ0v) is 23.4. The Labute approximate surface area is 225 Å². The summed E-state index contributed by atoms with van der Waals surface area (Å²) >= 11 is 6.26. The number of ether oxygens (including phenoxy) is 1. The molecule has 2 amide bonds. The lowest BCUT2D eigenvalue weighted by Gasteiger charge is -2.33.